The van der Waals surface area contributed by atoms with Crippen molar-refractivity contribution in [2.45, 2.75) is 33.3 Å². The summed E-state index contributed by atoms with van der Waals surface area (Å²) in [6, 6.07) is 0. The first-order valence-electron chi connectivity index (χ1n) is 6.15. The van der Waals surface area contributed by atoms with Crippen LogP contribution in [0.15, 0.2) is 0 Å². The van der Waals surface area contributed by atoms with Crippen molar-refractivity contribution in [3.05, 3.63) is 0 Å². The number of carbonyl (C=O) groups excluding carboxylic acids is 2. The first-order chi connectivity index (χ1) is 8.56. The van der Waals surface area contributed by atoms with Gasteiger partial charge in [-0.2, -0.15) is 0 Å². The molecule has 106 valence electrons. The van der Waals surface area contributed by atoms with Crippen LogP contribution in [0.4, 0.5) is 0 Å². The molecule has 0 aromatic carbocycles. The van der Waals surface area contributed by atoms with Gasteiger partial charge in [0.2, 0.25) is 0 Å². The number of aliphatic hydroxyl groups is 1. The Hall–Kier alpha value is -1.14. The quantitative estimate of drug-likeness (QED) is 0.482. The number of hydrogen-bond acceptors (Lipinski definition) is 6. The van der Waals surface area contributed by atoms with Crippen molar-refractivity contribution in [2.24, 2.45) is 5.92 Å². The Bertz CT molecular complexity index is 235. The first kappa shape index (κ1) is 16.9. The van der Waals surface area contributed by atoms with Crippen molar-refractivity contribution in [2.75, 3.05) is 26.4 Å². The van der Waals surface area contributed by atoms with Crippen LogP contribution in [0.25, 0.3) is 0 Å². The van der Waals surface area contributed by atoms with Crippen molar-refractivity contribution in [1.82, 2.24) is 0 Å². The Kier molecular flexibility index (Phi) is 9.22. The lowest BCUT2D eigenvalue weighted by atomic mass is 10.0. The molecule has 1 atom stereocenters. The van der Waals surface area contributed by atoms with Gasteiger partial charge in [0.05, 0.1) is 25.9 Å². The molecule has 1 N–H and O–H groups in total. The molecule has 0 aliphatic carbocycles. The molecule has 0 amide bonds. The number of carbonyl (C=O) groups is 2. The lowest BCUT2D eigenvalue weighted by Gasteiger charge is -2.17. The monoisotopic (exact) mass is 262 g/mol. The van der Waals surface area contributed by atoms with Crippen LogP contribution < -0.4 is 0 Å². The lowest BCUT2D eigenvalue weighted by Crippen LogP contribution is -2.33. The second-order valence-corrected chi connectivity index (χ2v) is 3.61. The zero-order chi connectivity index (χ0) is 14.0. The fourth-order valence-electron chi connectivity index (χ4n) is 1.37. The van der Waals surface area contributed by atoms with E-state index in [1.165, 1.54) is 0 Å². The first-order valence-corrected chi connectivity index (χ1v) is 6.15. The zero-order valence-electron chi connectivity index (χ0n) is 11.2. The predicted octanol–water partition coefficient (Wildman–Crippen LogP) is 0.516. The van der Waals surface area contributed by atoms with Gasteiger partial charge >= 0.3 is 11.9 Å². The minimum atomic E-state index is -1.10. The van der Waals surface area contributed by atoms with E-state index >= 15 is 0 Å². The molecule has 0 bridgehead atoms. The van der Waals surface area contributed by atoms with E-state index < -0.39 is 24.0 Å². The van der Waals surface area contributed by atoms with E-state index in [1.54, 1.807) is 20.8 Å². The van der Waals surface area contributed by atoms with Crippen LogP contribution >= 0.6 is 0 Å². The van der Waals surface area contributed by atoms with E-state index in [4.69, 9.17) is 14.2 Å². The van der Waals surface area contributed by atoms with E-state index in [2.05, 4.69) is 0 Å². The third-order valence-electron chi connectivity index (χ3n) is 2.16. The lowest BCUT2D eigenvalue weighted by molar-refractivity contribution is -0.163. The molecule has 0 heterocycles. The SMILES string of the molecule is CCOCC(O)CC(C(=O)OCC)C(=O)OCC. The second kappa shape index (κ2) is 9.85. The smallest absolute Gasteiger partial charge is 0.320 e. The highest BCUT2D eigenvalue weighted by molar-refractivity contribution is 5.94. The molecule has 6 nitrogen and oxygen atoms in total. The molecular weight excluding hydrogens is 240 g/mol. The summed E-state index contributed by atoms with van der Waals surface area (Å²) in [5.41, 5.74) is 0. The highest BCUT2D eigenvalue weighted by atomic mass is 16.6. The Labute approximate surface area is 107 Å². The average Bonchev–Trinajstić information content (AvgIpc) is 2.33. The molecule has 0 saturated heterocycles. The fraction of sp³-hybridized carbons (Fsp3) is 0.833. The van der Waals surface area contributed by atoms with Crippen molar-refractivity contribution in [3.8, 4) is 0 Å². The van der Waals surface area contributed by atoms with Crippen LogP contribution in [0.2, 0.25) is 0 Å². The van der Waals surface area contributed by atoms with E-state index in [9.17, 15) is 14.7 Å². The Balaban J connectivity index is 4.45. The van der Waals surface area contributed by atoms with Crippen LogP contribution in [0.1, 0.15) is 27.2 Å². The molecule has 0 spiro atoms. The van der Waals surface area contributed by atoms with Gasteiger partial charge in [-0.1, -0.05) is 0 Å². The molecule has 1 unspecified atom stereocenters. The predicted molar refractivity (Wildman–Crippen MR) is 63.9 cm³/mol. The van der Waals surface area contributed by atoms with Gasteiger partial charge < -0.3 is 19.3 Å². The van der Waals surface area contributed by atoms with Gasteiger partial charge in [-0.25, -0.2) is 0 Å². The molecule has 0 fully saturated rings. The summed E-state index contributed by atoms with van der Waals surface area (Å²) < 4.78 is 14.6. The molecule has 0 aromatic rings. The van der Waals surface area contributed by atoms with Gasteiger partial charge in [-0.3, -0.25) is 9.59 Å². The van der Waals surface area contributed by atoms with Crippen LogP contribution in [0.3, 0.4) is 0 Å². The molecule has 6 heteroatoms. The number of rotatable bonds is 9. The Morgan fingerprint density at radius 3 is 1.89 bits per heavy atom. The van der Waals surface area contributed by atoms with Crippen molar-refractivity contribution in [1.29, 1.82) is 0 Å². The third-order valence-corrected chi connectivity index (χ3v) is 2.16. The maximum Gasteiger partial charge on any atom is 0.320 e. The topological polar surface area (TPSA) is 82.1 Å². The van der Waals surface area contributed by atoms with Crippen LogP contribution in [-0.2, 0) is 23.8 Å². The van der Waals surface area contributed by atoms with E-state index in [0.29, 0.717) is 6.61 Å². The largest absolute Gasteiger partial charge is 0.465 e. The Morgan fingerprint density at radius 1 is 1.00 bits per heavy atom. The summed E-state index contributed by atoms with van der Waals surface area (Å²) >= 11 is 0. The van der Waals surface area contributed by atoms with Gasteiger partial charge in [-0.05, 0) is 27.2 Å². The maximum absolute atomic E-state index is 11.6. The molecule has 0 rings (SSSR count). The number of aliphatic hydroxyl groups excluding tert-OH is 1. The molecule has 18 heavy (non-hydrogen) atoms. The molecule has 0 aliphatic rings. The van der Waals surface area contributed by atoms with Crippen molar-refractivity contribution in [3.63, 3.8) is 0 Å². The summed E-state index contributed by atoms with van der Waals surface area (Å²) in [4.78, 5) is 23.2. The summed E-state index contributed by atoms with van der Waals surface area (Å²) in [6.45, 7) is 5.98. The van der Waals surface area contributed by atoms with Gasteiger partial charge in [0.15, 0.2) is 5.92 Å². The van der Waals surface area contributed by atoms with Crippen LogP contribution in [0, 0.1) is 5.92 Å². The Morgan fingerprint density at radius 2 is 1.50 bits per heavy atom. The molecule has 0 aliphatic heterocycles. The van der Waals surface area contributed by atoms with Gasteiger partial charge in [0.1, 0.15) is 0 Å². The minimum absolute atomic E-state index is 0.0579. The average molecular weight is 262 g/mol. The number of hydrogen-bond donors (Lipinski definition) is 1. The fourth-order valence-corrected chi connectivity index (χ4v) is 1.37. The van der Waals surface area contributed by atoms with E-state index in [1.807, 2.05) is 0 Å². The maximum atomic E-state index is 11.6. The van der Waals surface area contributed by atoms with Crippen molar-refractivity contribution < 1.29 is 28.9 Å². The van der Waals surface area contributed by atoms with Gasteiger partial charge in [0, 0.05) is 6.61 Å². The molecule has 0 aromatic heterocycles. The summed E-state index contributed by atoms with van der Waals surface area (Å²) in [5.74, 6) is -2.45. The summed E-state index contributed by atoms with van der Waals surface area (Å²) in [7, 11) is 0. The molecular formula is C12H22O6. The highest BCUT2D eigenvalue weighted by Crippen LogP contribution is 2.12. The highest BCUT2D eigenvalue weighted by Gasteiger charge is 2.31. The third kappa shape index (κ3) is 6.56. The van der Waals surface area contributed by atoms with Gasteiger partial charge in [0.25, 0.3) is 0 Å². The second-order valence-electron chi connectivity index (χ2n) is 3.61. The van der Waals surface area contributed by atoms with E-state index in [-0.39, 0.29) is 26.2 Å². The summed E-state index contributed by atoms with van der Waals surface area (Å²) in [6.07, 6.45) is -0.957. The molecule has 0 saturated carbocycles. The zero-order valence-corrected chi connectivity index (χ0v) is 11.2. The normalized spacial score (nSPS) is 12.3. The molecule has 0 radical (unpaired) electrons. The standard InChI is InChI=1S/C12H22O6/c1-4-16-8-9(13)7-10(11(14)17-5-2)12(15)18-6-3/h9-10,13H,4-8H2,1-3H3. The van der Waals surface area contributed by atoms with E-state index in [0.717, 1.165) is 0 Å². The van der Waals surface area contributed by atoms with Crippen molar-refractivity contribution >= 4 is 11.9 Å². The summed E-state index contributed by atoms with van der Waals surface area (Å²) in [5, 5.41) is 9.64. The van der Waals surface area contributed by atoms with Gasteiger partial charge in [-0.15, -0.1) is 0 Å². The minimum Gasteiger partial charge on any atom is -0.465 e. The van der Waals surface area contributed by atoms with Crippen LogP contribution in [-0.4, -0.2) is 49.6 Å². The van der Waals surface area contributed by atoms with Crippen LogP contribution in [0.5, 0.6) is 0 Å². The number of ether oxygens (including phenoxy) is 3. The number of esters is 2.